The molecule has 0 aliphatic rings. The Hall–Kier alpha value is -2.95. The molecule has 12 heteroatoms. The highest BCUT2D eigenvalue weighted by Gasteiger charge is 2.73. The number of hydrogen-bond donors (Lipinski definition) is 2. The smallest absolute Gasteiger partial charge is 0.435 e. The molecule has 33 heavy (non-hydrogen) atoms. The van der Waals surface area contributed by atoms with Crippen molar-refractivity contribution in [2.75, 3.05) is 0 Å². The molecular weight excluding hydrogens is 483 g/mol. The van der Waals surface area contributed by atoms with Gasteiger partial charge in [-0.25, -0.2) is 9.18 Å². The van der Waals surface area contributed by atoms with E-state index in [1.54, 1.807) is 0 Å². The van der Waals surface area contributed by atoms with Crippen LogP contribution in [0.2, 0.25) is 5.02 Å². The highest BCUT2D eigenvalue weighted by Crippen LogP contribution is 2.53. The molecule has 2 aromatic rings. The summed E-state index contributed by atoms with van der Waals surface area (Å²) in [5.74, 6) is -2.15. The molecule has 0 unspecified atom stereocenters. The average Bonchev–Trinajstić information content (AvgIpc) is 2.64. The molecule has 0 spiro atoms. The largest absolute Gasteiger partial charge is 0.478 e. The van der Waals surface area contributed by atoms with Gasteiger partial charge in [-0.3, -0.25) is 4.79 Å². The molecule has 0 amide bonds. The second-order valence-corrected chi connectivity index (χ2v) is 7.62. The van der Waals surface area contributed by atoms with Crippen LogP contribution in [0.25, 0.3) is 0 Å². The van der Waals surface area contributed by atoms with Gasteiger partial charge in [-0.2, -0.15) is 26.3 Å². The first kappa shape index (κ1) is 26.3. The van der Waals surface area contributed by atoms with Crippen molar-refractivity contribution in [2.24, 2.45) is 0 Å². The van der Waals surface area contributed by atoms with Gasteiger partial charge in [0.25, 0.3) is 0 Å². The quantitative estimate of drug-likeness (QED) is 0.269. The Kier molecular flexibility index (Phi) is 6.99. The fourth-order valence-electron chi connectivity index (χ4n) is 3.34. The van der Waals surface area contributed by atoms with Crippen LogP contribution < -0.4 is 0 Å². The third kappa shape index (κ3) is 4.87. The molecule has 0 bridgehead atoms. The Labute approximate surface area is 187 Å². The van der Waals surface area contributed by atoms with Gasteiger partial charge < -0.3 is 10.5 Å². The zero-order valence-electron chi connectivity index (χ0n) is 16.9. The van der Waals surface area contributed by atoms with Crippen LogP contribution in [0.5, 0.6) is 0 Å². The van der Waals surface area contributed by atoms with Crippen LogP contribution in [0.4, 0.5) is 30.7 Å². The molecule has 4 nitrogen and oxygen atoms in total. The number of carboxylic acids is 1. The maximum Gasteiger partial charge on any atom is 0.435 e. The van der Waals surface area contributed by atoms with Gasteiger partial charge in [-0.1, -0.05) is 23.7 Å². The first-order valence-electron chi connectivity index (χ1n) is 8.99. The summed E-state index contributed by atoms with van der Waals surface area (Å²) in [6, 6.07) is 4.02. The Morgan fingerprint density at radius 2 is 1.42 bits per heavy atom. The van der Waals surface area contributed by atoms with Gasteiger partial charge >= 0.3 is 24.0 Å². The second-order valence-electron chi connectivity index (χ2n) is 7.22. The van der Waals surface area contributed by atoms with E-state index >= 15 is 0 Å². The van der Waals surface area contributed by atoms with Crippen LogP contribution in [0.3, 0.4) is 0 Å². The number of alkyl halides is 7. The van der Waals surface area contributed by atoms with E-state index in [0.717, 1.165) is 26.0 Å². The molecule has 0 aliphatic heterocycles. The second kappa shape index (κ2) is 8.77. The molecule has 0 aromatic heterocycles. The zero-order valence-corrected chi connectivity index (χ0v) is 17.6. The number of aromatic carboxylic acids is 1. The standard InChI is InChI=1S/C21H15ClF7NO3/c1-9-5-12(19(23,20(24,25)26)21(27,28)29)6-10(2)17(9)15(30)8-16(31)11-3-4-14(22)13(7-11)18(32)33/h3-7,30H,8H2,1-2H3,(H,32,33). The van der Waals surface area contributed by atoms with Gasteiger partial charge in [0.15, 0.2) is 5.78 Å². The zero-order chi connectivity index (χ0) is 25.5. The molecule has 178 valence electrons. The summed E-state index contributed by atoms with van der Waals surface area (Å²) in [6.45, 7) is 2.17. The molecule has 2 rings (SSSR count). The highest BCUT2D eigenvalue weighted by atomic mass is 35.5. The van der Waals surface area contributed by atoms with E-state index < -0.39 is 47.5 Å². The lowest BCUT2D eigenvalue weighted by Crippen LogP contribution is -2.50. The highest BCUT2D eigenvalue weighted by molar-refractivity contribution is 6.33. The van der Waals surface area contributed by atoms with Gasteiger partial charge in [0.05, 0.1) is 17.0 Å². The Morgan fingerprint density at radius 1 is 0.939 bits per heavy atom. The fraction of sp³-hybridized carbons (Fsp3) is 0.286. The lowest BCUT2D eigenvalue weighted by Gasteiger charge is -2.31. The number of nitrogens with one attached hydrogen (secondary N) is 1. The molecule has 0 saturated heterocycles. The number of halogens is 8. The van der Waals surface area contributed by atoms with E-state index in [0.29, 0.717) is 12.1 Å². The van der Waals surface area contributed by atoms with Gasteiger partial charge in [0.1, 0.15) is 0 Å². The SMILES string of the molecule is Cc1cc(C(F)(C(F)(F)F)C(F)(F)F)cc(C)c1C(=N)CC(=O)c1ccc(Cl)c(C(=O)O)c1. The van der Waals surface area contributed by atoms with Crippen LogP contribution in [0, 0.1) is 19.3 Å². The number of rotatable bonds is 6. The summed E-state index contributed by atoms with van der Waals surface area (Å²) < 4.78 is 92.7. The molecular formula is C21H15ClF7NO3. The van der Waals surface area contributed by atoms with Crippen molar-refractivity contribution < 1.29 is 45.4 Å². The maximum absolute atomic E-state index is 14.4. The third-order valence-electron chi connectivity index (χ3n) is 4.87. The predicted molar refractivity (Wildman–Crippen MR) is 105 cm³/mol. The Balaban J connectivity index is 2.45. The van der Waals surface area contributed by atoms with Crippen molar-refractivity contribution in [1.29, 1.82) is 5.41 Å². The van der Waals surface area contributed by atoms with Gasteiger partial charge in [-0.05, 0) is 43.2 Å². The van der Waals surface area contributed by atoms with Gasteiger partial charge in [0.2, 0.25) is 0 Å². The van der Waals surface area contributed by atoms with E-state index in [4.69, 9.17) is 22.1 Å². The monoisotopic (exact) mass is 497 g/mol. The van der Waals surface area contributed by atoms with Crippen LogP contribution in [-0.4, -0.2) is 34.9 Å². The molecule has 0 aliphatic carbocycles. The summed E-state index contributed by atoms with van der Waals surface area (Å²) in [4.78, 5) is 23.6. The first-order valence-corrected chi connectivity index (χ1v) is 9.37. The van der Waals surface area contributed by atoms with Crippen LogP contribution in [-0.2, 0) is 5.67 Å². The molecule has 0 saturated carbocycles. The fourth-order valence-corrected chi connectivity index (χ4v) is 3.54. The summed E-state index contributed by atoms with van der Waals surface area (Å²) in [7, 11) is 0. The minimum atomic E-state index is -6.29. The minimum absolute atomic E-state index is 0.120. The Bertz CT molecular complexity index is 1100. The number of carbonyl (C=O) groups is 2. The summed E-state index contributed by atoms with van der Waals surface area (Å²) in [6.07, 6.45) is -13.2. The number of benzene rings is 2. The number of aryl methyl sites for hydroxylation is 2. The summed E-state index contributed by atoms with van der Waals surface area (Å²) in [5.41, 5.74) is -8.95. The number of carbonyl (C=O) groups excluding carboxylic acids is 1. The average molecular weight is 498 g/mol. The normalized spacial score (nSPS) is 12.5. The van der Waals surface area contributed by atoms with E-state index in [-0.39, 0.29) is 32.8 Å². The molecule has 0 fully saturated rings. The lowest BCUT2D eigenvalue weighted by atomic mass is 9.86. The molecule has 2 aromatic carbocycles. The van der Waals surface area contributed by atoms with Crippen molar-refractivity contribution in [3.8, 4) is 0 Å². The maximum atomic E-state index is 14.4. The molecule has 0 radical (unpaired) electrons. The van der Waals surface area contributed by atoms with Gasteiger partial charge in [-0.15, -0.1) is 0 Å². The molecule has 2 N–H and O–H groups in total. The number of ketones is 1. The summed E-state index contributed by atoms with van der Waals surface area (Å²) >= 11 is 5.73. The van der Waals surface area contributed by atoms with Crippen LogP contribution >= 0.6 is 11.6 Å². The van der Waals surface area contributed by atoms with Crippen molar-refractivity contribution in [3.05, 3.63) is 68.7 Å². The number of Topliss-reactive ketones (excluding diaryl/α,β-unsaturated/α-hetero) is 1. The first-order chi connectivity index (χ1) is 14.9. The summed E-state index contributed by atoms with van der Waals surface area (Å²) in [5, 5.41) is 17.1. The van der Waals surface area contributed by atoms with Crippen molar-refractivity contribution >= 4 is 29.1 Å². The van der Waals surface area contributed by atoms with Crippen molar-refractivity contribution in [3.63, 3.8) is 0 Å². The lowest BCUT2D eigenvalue weighted by molar-refractivity contribution is -0.348. The topological polar surface area (TPSA) is 78.2 Å². The van der Waals surface area contributed by atoms with E-state index in [1.807, 2.05) is 0 Å². The predicted octanol–water partition coefficient (Wildman–Crippen LogP) is 6.59. The van der Waals surface area contributed by atoms with Crippen LogP contribution in [0.1, 0.15) is 49.4 Å². The third-order valence-corrected chi connectivity index (χ3v) is 5.20. The van der Waals surface area contributed by atoms with Crippen molar-refractivity contribution in [1.82, 2.24) is 0 Å². The van der Waals surface area contributed by atoms with E-state index in [1.165, 1.54) is 6.07 Å². The molecule has 0 heterocycles. The van der Waals surface area contributed by atoms with Gasteiger partial charge in [0, 0.05) is 22.4 Å². The van der Waals surface area contributed by atoms with E-state index in [2.05, 4.69) is 0 Å². The number of carboxylic acid groups (broad SMARTS) is 1. The number of hydrogen-bond acceptors (Lipinski definition) is 3. The van der Waals surface area contributed by atoms with Crippen molar-refractivity contribution in [2.45, 2.75) is 38.3 Å². The van der Waals surface area contributed by atoms with Crippen LogP contribution in [0.15, 0.2) is 30.3 Å². The van der Waals surface area contributed by atoms with E-state index in [9.17, 15) is 40.3 Å². The molecule has 0 atom stereocenters. The minimum Gasteiger partial charge on any atom is -0.478 e. The Morgan fingerprint density at radius 3 is 1.85 bits per heavy atom.